The number of carbonyl (C=O) groups is 1. The van der Waals surface area contributed by atoms with Crippen LogP contribution in [-0.4, -0.2) is 33.0 Å². The lowest BCUT2D eigenvalue weighted by Crippen LogP contribution is -2.24. The van der Waals surface area contributed by atoms with E-state index in [1.807, 2.05) is 0 Å². The monoisotopic (exact) mass is 420 g/mol. The highest BCUT2D eigenvalue weighted by Gasteiger charge is 2.15. The Balaban J connectivity index is 1.66. The van der Waals surface area contributed by atoms with E-state index in [0.29, 0.717) is 35.4 Å². The third-order valence-electron chi connectivity index (χ3n) is 3.74. The largest absolute Gasteiger partial charge is 0.467 e. The summed E-state index contributed by atoms with van der Waals surface area (Å²) < 4.78 is 35.9. The van der Waals surface area contributed by atoms with Crippen molar-refractivity contribution in [2.75, 3.05) is 5.75 Å². The van der Waals surface area contributed by atoms with Crippen molar-refractivity contribution >= 4 is 17.7 Å². The number of benzene rings is 1. The van der Waals surface area contributed by atoms with E-state index in [0.717, 1.165) is 0 Å². The summed E-state index contributed by atoms with van der Waals surface area (Å²) >= 11 is 1.23. The number of allylic oxidation sites excluding steroid dienone is 1. The average molecular weight is 420 g/mol. The predicted molar refractivity (Wildman–Crippen MR) is 104 cm³/mol. The van der Waals surface area contributed by atoms with Crippen LogP contribution in [0.2, 0.25) is 0 Å². The second-order valence-corrected chi connectivity index (χ2v) is 6.70. The van der Waals surface area contributed by atoms with Crippen LogP contribution in [0.3, 0.4) is 0 Å². The van der Waals surface area contributed by atoms with Crippen LogP contribution in [0.15, 0.2) is 64.9 Å². The summed E-state index contributed by atoms with van der Waals surface area (Å²) in [7, 11) is 0. The van der Waals surface area contributed by atoms with Crippen molar-refractivity contribution in [1.82, 2.24) is 20.1 Å². The molecule has 29 heavy (non-hydrogen) atoms. The molecule has 0 saturated carbocycles. The van der Waals surface area contributed by atoms with Gasteiger partial charge in [0.1, 0.15) is 11.5 Å². The molecular formula is C19H18F2N4O3S. The second-order valence-electron chi connectivity index (χ2n) is 5.75. The molecule has 0 aliphatic rings. The third-order valence-corrected chi connectivity index (χ3v) is 4.71. The maximum atomic E-state index is 12.3. The zero-order chi connectivity index (χ0) is 20.6. The summed E-state index contributed by atoms with van der Waals surface area (Å²) in [5, 5.41) is 11.6. The Labute approximate surface area is 169 Å². The first-order valence-electron chi connectivity index (χ1n) is 8.58. The lowest BCUT2D eigenvalue weighted by Gasteiger charge is -2.09. The number of alkyl halides is 2. The lowest BCUT2D eigenvalue weighted by atomic mass is 10.2. The molecule has 0 unspecified atom stereocenters. The molecule has 0 bridgehead atoms. The van der Waals surface area contributed by atoms with Crippen LogP contribution in [0.4, 0.5) is 8.78 Å². The Bertz CT molecular complexity index is 943. The standard InChI is InChI=1S/C19H18F2N4O3S/c1-2-9-25-17(13-5-7-14(8-6-13)28-18(20)21)23-24-19(25)29-12-16(26)22-11-15-4-3-10-27-15/h2-8,10,18H,1,9,11-12H2,(H,22,26). The lowest BCUT2D eigenvalue weighted by molar-refractivity contribution is -0.118. The molecule has 2 aromatic heterocycles. The van der Waals surface area contributed by atoms with Crippen molar-refractivity contribution in [3.8, 4) is 17.1 Å². The van der Waals surface area contributed by atoms with Crippen LogP contribution in [-0.2, 0) is 17.9 Å². The molecule has 152 valence electrons. The van der Waals surface area contributed by atoms with E-state index in [9.17, 15) is 13.6 Å². The molecule has 0 spiro atoms. The predicted octanol–water partition coefficient (Wildman–Crippen LogP) is 3.73. The quantitative estimate of drug-likeness (QED) is 0.398. The zero-order valence-corrected chi connectivity index (χ0v) is 16.1. The third kappa shape index (κ3) is 5.67. The van der Waals surface area contributed by atoms with E-state index in [1.165, 1.54) is 23.9 Å². The van der Waals surface area contributed by atoms with Crippen molar-refractivity contribution in [2.24, 2.45) is 0 Å². The molecule has 0 atom stereocenters. The molecule has 0 fully saturated rings. The minimum atomic E-state index is -2.88. The highest BCUT2D eigenvalue weighted by molar-refractivity contribution is 7.99. The number of carbonyl (C=O) groups excluding carboxylic acids is 1. The molecule has 10 heteroatoms. The van der Waals surface area contributed by atoms with E-state index in [4.69, 9.17) is 4.42 Å². The van der Waals surface area contributed by atoms with Crippen LogP contribution >= 0.6 is 11.8 Å². The second kappa shape index (κ2) is 9.87. The fourth-order valence-electron chi connectivity index (χ4n) is 2.47. The van der Waals surface area contributed by atoms with Crippen LogP contribution < -0.4 is 10.1 Å². The van der Waals surface area contributed by atoms with Gasteiger partial charge in [-0.05, 0) is 36.4 Å². The van der Waals surface area contributed by atoms with E-state index in [1.54, 1.807) is 41.2 Å². The molecule has 3 rings (SSSR count). The van der Waals surface area contributed by atoms with Crippen molar-refractivity contribution < 1.29 is 22.7 Å². The molecule has 0 aliphatic heterocycles. The number of nitrogens with one attached hydrogen (secondary N) is 1. The van der Waals surface area contributed by atoms with Gasteiger partial charge in [-0.2, -0.15) is 8.78 Å². The van der Waals surface area contributed by atoms with Crippen molar-refractivity contribution in [3.63, 3.8) is 0 Å². The normalized spacial score (nSPS) is 10.9. The van der Waals surface area contributed by atoms with Gasteiger partial charge in [-0.1, -0.05) is 17.8 Å². The molecule has 0 aliphatic carbocycles. The number of ether oxygens (including phenoxy) is 1. The minimum absolute atomic E-state index is 0.0568. The first-order chi connectivity index (χ1) is 14.1. The number of amides is 1. The number of thioether (sulfide) groups is 1. The van der Waals surface area contributed by atoms with Gasteiger partial charge in [-0.3, -0.25) is 9.36 Å². The van der Waals surface area contributed by atoms with E-state index >= 15 is 0 Å². The molecule has 0 radical (unpaired) electrons. The van der Waals surface area contributed by atoms with Gasteiger partial charge in [-0.25, -0.2) is 0 Å². The summed E-state index contributed by atoms with van der Waals surface area (Å²) in [6.07, 6.45) is 3.23. The fraction of sp³-hybridized carbons (Fsp3) is 0.211. The average Bonchev–Trinajstić information content (AvgIpc) is 3.35. The van der Waals surface area contributed by atoms with Gasteiger partial charge >= 0.3 is 6.61 Å². The van der Waals surface area contributed by atoms with Gasteiger partial charge in [0.05, 0.1) is 18.6 Å². The highest BCUT2D eigenvalue weighted by Crippen LogP contribution is 2.26. The number of hydrogen-bond donors (Lipinski definition) is 1. The molecular weight excluding hydrogens is 402 g/mol. The van der Waals surface area contributed by atoms with E-state index < -0.39 is 6.61 Å². The molecule has 1 aromatic carbocycles. The number of rotatable bonds is 10. The van der Waals surface area contributed by atoms with Gasteiger partial charge < -0.3 is 14.5 Å². The molecule has 3 aromatic rings. The van der Waals surface area contributed by atoms with E-state index in [2.05, 4.69) is 26.8 Å². The maximum absolute atomic E-state index is 12.3. The zero-order valence-electron chi connectivity index (χ0n) is 15.3. The van der Waals surface area contributed by atoms with Crippen LogP contribution in [0.5, 0.6) is 5.75 Å². The maximum Gasteiger partial charge on any atom is 0.387 e. The van der Waals surface area contributed by atoms with E-state index in [-0.39, 0.29) is 17.4 Å². The van der Waals surface area contributed by atoms with Crippen molar-refractivity contribution in [1.29, 1.82) is 0 Å². The SMILES string of the molecule is C=CCn1c(SCC(=O)NCc2ccco2)nnc1-c1ccc(OC(F)F)cc1. The Morgan fingerprint density at radius 3 is 2.76 bits per heavy atom. The van der Waals surface area contributed by atoms with Gasteiger partial charge in [-0.15, -0.1) is 16.8 Å². The van der Waals surface area contributed by atoms with Crippen molar-refractivity contribution in [2.45, 2.75) is 24.9 Å². The summed E-state index contributed by atoms with van der Waals surface area (Å²) in [5.41, 5.74) is 0.676. The van der Waals surface area contributed by atoms with Gasteiger partial charge in [0, 0.05) is 12.1 Å². The first-order valence-corrected chi connectivity index (χ1v) is 9.56. The highest BCUT2D eigenvalue weighted by atomic mass is 32.2. The van der Waals surface area contributed by atoms with Crippen LogP contribution in [0, 0.1) is 0 Å². The van der Waals surface area contributed by atoms with Gasteiger partial charge in [0.25, 0.3) is 0 Å². The number of aromatic nitrogens is 3. The minimum Gasteiger partial charge on any atom is -0.467 e. The Morgan fingerprint density at radius 1 is 1.31 bits per heavy atom. The van der Waals surface area contributed by atoms with Crippen LogP contribution in [0.1, 0.15) is 5.76 Å². The summed E-state index contributed by atoms with van der Waals surface area (Å²) in [5.74, 6) is 1.24. The topological polar surface area (TPSA) is 82.2 Å². The van der Waals surface area contributed by atoms with Crippen molar-refractivity contribution in [3.05, 3.63) is 61.1 Å². The van der Waals surface area contributed by atoms with Crippen LogP contribution in [0.25, 0.3) is 11.4 Å². The molecule has 1 amide bonds. The molecule has 2 heterocycles. The molecule has 1 N–H and O–H groups in total. The van der Waals surface area contributed by atoms with Gasteiger partial charge in [0.2, 0.25) is 5.91 Å². The molecule has 7 nitrogen and oxygen atoms in total. The fourth-order valence-corrected chi connectivity index (χ4v) is 3.25. The summed E-state index contributed by atoms with van der Waals surface area (Å²) in [6.45, 7) is 1.58. The Morgan fingerprint density at radius 2 is 2.10 bits per heavy atom. The Hall–Kier alpha value is -3.14. The smallest absolute Gasteiger partial charge is 0.387 e. The summed E-state index contributed by atoms with van der Waals surface area (Å²) in [6, 6.07) is 9.63. The number of nitrogens with zero attached hydrogens (tertiary/aromatic N) is 3. The Kier molecular flexibility index (Phi) is 7.01. The number of furan rings is 1. The summed E-state index contributed by atoms with van der Waals surface area (Å²) in [4.78, 5) is 12.1. The van der Waals surface area contributed by atoms with Gasteiger partial charge in [0.15, 0.2) is 11.0 Å². The number of halogens is 2. The first kappa shape index (κ1) is 20.6. The molecule has 0 saturated heterocycles. The number of hydrogen-bond acceptors (Lipinski definition) is 6.